The molecule has 1 aliphatic heterocycles. The number of nitrogens with zero attached hydrogens (tertiary/aromatic N) is 1. The molecule has 0 aromatic heterocycles. The Labute approximate surface area is 229 Å². The summed E-state index contributed by atoms with van der Waals surface area (Å²) in [6.07, 6.45) is -3.86. The molecular formula is C28H27F3N2O5S. The van der Waals surface area contributed by atoms with Gasteiger partial charge in [-0.15, -0.1) is 0 Å². The van der Waals surface area contributed by atoms with Crippen molar-refractivity contribution in [1.29, 1.82) is 0 Å². The summed E-state index contributed by atoms with van der Waals surface area (Å²) in [4.78, 5) is 13.6. The molecule has 1 aliphatic rings. The Balaban J connectivity index is 1.62. The van der Waals surface area contributed by atoms with E-state index in [0.717, 1.165) is 23.3 Å². The predicted octanol–water partition coefficient (Wildman–Crippen LogP) is 5.88. The number of rotatable bonds is 7. The van der Waals surface area contributed by atoms with Gasteiger partial charge in [-0.1, -0.05) is 6.07 Å². The Morgan fingerprint density at radius 2 is 1.72 bits per heavy atom. The number of carbonyl (C=O) groups excluding carboxylic acids is 1. The van der Waals surface area contributed by atoms with Crippen molar-refractivity contribution in [2.24, 2.45) is 0 Å². The zero-order chi connectivity index (χ0) is 28.2. The summed E-state index contributed by atoms with van der Waals surface area (Å²) in [5.74, 6) is 1.18. The molecule has 7 nitrogen and oxygen atoms in total. The first kappa shape index (κ1) is 28.0. The normalized spacial score (nSPS) is 14.7. The molecular weight excluding hydrogens is 533 g/mol. The summed E-state index contributed by atoms with van der Waals surface area (Å²) >= 11 is 5.67. The molecule has 0 unspecified atom stereocenters. The van der Waals surface area contributed by atoms with Crippen LogP contribution < -0.4 is 19.5 Å². The first-order valence-corrected chi connectivity index (χ1v) is 12.4. The summed E-state index contributed by atoms with van der Waals surface area (Å²) in [6, 6.07) is 14.8. The van der Waals surface area contributed by atoms with Crippen molar-refractivity contribution in [2.75, 3.05) is 39.8 Å². The number of hydrogen-bond acceptors (Lipinski definition) is 6. The van der Waals surface area contributed by atoms with Gasteiger partial charge < -0.3 is 29.2 Å². The number of carbonyl (C=O) groups is 1. The molecule has 0 saturated heterocycles. The molecule has 1 atom stereocenters. The SMILES string of the molecule is COC(=O)c1ccc(OC[C@H]2c3cc(OC)c(OC)cc3CCN2C(=S)Nc2cccc(C(F)(F)F)c2)cc1. The van der Waals surface area contributed by atoms with Crippen molar-refractivity contribution in [2.45, 2.75) is 18.6 Å². The van der Waals surface area contributed by atoms with Crippen LogP contribution in [-0.2, 0) is 17.3 Å². The highest BCUT2D eigenvalue weighted by Crippen LogP contribution is 2.39. The lowest BCUT2D eigenvalue weighted by Crippen LogP contribution is -2.44. The van der Waals surface area contributed by atoms with Gasteiger partial charge in [-0.3, -0.25) is 0 Å². The van der Waals surface area contributed by atoms with Crippen LogP contribution in [0.4, 0.5) is 18.9 Å². The number of esters is 1. The lowest BCUT2D eigenvalue weighted by Gasteiger charge is -2.39. The topological polar surface area (TPSA) is 69.3 Å². The Hall–Kier alpha value is -3.99. The average Bonchev–Trinajstić information content (AvgIpc) is 2.94. The highest BCUT2D eigenvalue weighted by Gasteiger charge is 2.33. The molecule has 3 aromatic carbocycles. The van der Waals surface area contributed by atoms with Gasteiger partial charge >= 0.3 is 12.1 Å². The fraction of sp³-hybridized carbons (Fsp3) is 0.286. The van der Waals surface area contributed by atoms with Crippen molar-refractivity contribution < 1.29 is 36.9 Å². The largest absolute Gasteiger partial charge is 0.493 e. The second-order valence-corrected chi connectivity index (χ2v) is 9.09. The van der Waals surface area contributed by atoms with E-state index < -0.39 is 23.8 Å². The number of nitrogens with one attached hydrogen (secondary N) is 1. The molecule has 4 rings (SSSR count). The van der Waals surface area contributed by atoms with E-state index in [1.54, 1.807) is 38.5 Å². The van der Waals surface area contributed by atoms with Gasteiger partial charge in [0.05, 0.1) is 38.5 Å². The molecule has 0 bridgehead atoms. The number of alkyl halides is 3. The van der Waals surface area contributed by atoms with Crippen molar-refractivity contribution in [3.05, 3.63) is 82.9 Å². The summed E-state index contributed by atoms with van der Waals surface area (Å²) < 4.78 is 61.5. The number of hydrogen-bond donors (Lipinski definition) is 1. The minimum absolute atomic E-state index is 0.157. The third kappa shape index (κ3) is 6.36. The number of benzene rings is 3. The third-order valence-corrected chi connectivity index (χ3v) is 6.72. The van der Waals surface area contributed by atoms with E-state index in [9.17, 15) is 18.0 Å². The van der Waals surface area contributed by atoms with Gasteiger partial charge in [-0.05, 0) is 84.4 Å². The number of thiocarbonyl (C=S) groups is 1. The Morgan fingerprint density at radius 1 is 1.03 bits per heavy atom. The monoisotopic (exact) mass is 560 g/mol. The van der Waals surface area contributed by atoms with Gasteiger partial charge in [0.2, 0.25) is 0 Å². The number of anilines is 1. The van der Waals surface area contributed by atoms with E-state index in [1.807, 2.05) is 17.0 Å². The van der Waals surface area contributed by atoms with Crippen LogP contribution in [0.5, 0.6) is 17.2 Å². The fourth-order valence-electron chi connectivity index (χ4n) is 4.40. The lowest BCUT2D eigenvalue weighted by atomic mass is 9.92. The van der Waals surface area contributed by atoms with Gasteiger partial charge in [0.1, 0.15) is 12.4 Å². The third-order valence-electron chi connectivity index (χ3n) is 6.39. The quantitative estimate of drug-likeness (QED) is 0.284. The summed E-state index contributed by atoms with van der Waals surface area (Å²) in [5, 5.41) is 3.21. The van der Waals surface area contributed by atoms with Gasteiger partial charge in [-0.2, -0.15) is 13.2 Å². The summed E-state index contributed by atoms with van der Waals surface area (Å²) in [6.45, 7) is 0.646. The van der Waals surface area contributed by atoms with E-state index in [2.05, 4.69) is 5.32 Å². The summed E-state index contributed by atoms with van der Waals surface area (Å²) in [5.41, 5.74) is 1.74. The lowest BCUT2D eigenvalue weighted by molar-refractivity contribution is -0.137. The van der Waals surface area contributed by atoms with E-state index in [-0.39, 0.29) is 17.4 Å². The molecule has 0 saturated carbocycles. The van der Waals surface area contributed by atoms with Crippen LogP contribution in [0.1, 0.15) is 33.1 Å². The van der Waals surface area contributed by atoms with Gasteiger partial charge in [0.25, 0.3) is 0 Å². The van der Waals surface area contributed by atoms with Crippen molar-refractivity contribution in [3.8, 4) is 17.2 Å². The minimum Gasteiger partial charge on any atom is -0.493 e. The molecule has 1 heterocycles. The molecule has 39 heavy (non-hydrogen) atoms. The van der Waals surface area contributed by atoms with Crippen molar-refractivity contribution >= 4 is 29.0 Å². The van der Waals surface area contributed by atoms with Crippen LogP contribution in [0.3, 0.4) is 0 Å². The minimum atomic E-state index is -4.47. The van der Waals surface area contributed by atoms with Crippen LogP contribution in [-0.4, -0.2) is 50.5 Å². The smallest absolute Gasteiger partial charge is 0.416 e. The summed E-state index contributed by atoms with van der Waals surface area (Å²) in [7, 11) is 4.41. The van der Waals surface area contributed by atoms with Gasteiger partial charge in [-0.25, -0.2) is 4.79 Å². The Morgan fingerprint density at radius 3 is 2.36 bits per heavy atom. The van der Waals surface area contributed by atoms with Crippen LogP contribution in [0.25, 0.3) is 0 Å². The molecule has 0 spiro atoms. The fourth-order valence-corrected chi connectivity index (χ4v) is 4.74. The van der Waals surface area contributed by atoms with Gasteiger partial charge in [0.15, 0.2) is 16.6 Å². The maximum atomic E-state index is 13.2. The van der Waals surface area contributed by atoms with E-state index in [4.69, 9.17) is 31.2 Å². The molecule has 11 heteroatoms. The molecule has 0 amide bonds. The van der Waals surface area contributed by atoms with Crippen LogP contribution in [0, 0.1) is 0 Å². The molecule has 0 fully saturated rings. The van der Waals surface area contributed by atoms with E-state index in [0.29, 0.717) is 35.8 Å². The number of methoxy groups -OCH3 is 3. The molecule has 0 aliphatic carbocycles. The maximum Gasteiger partial charge on any atom is 0.416 e. The number of ether oxygens (including phenoxy) is 4. The van der Waals surface area contributed by atoms with Crippen LogP contribution in [0.15, 0.2) is 60.7 Å². The Kier molecular flexibility index (Phi) is 8.49. The second kappa shape index (κ2) is 11.8. The molecule has 206 valence electrons. The highest BCUT2D eigenvalue weighted by atomic mass is 32.1. The average molecular weight is 561 g/mol. The standard InChI is InChI=1S/C28H27F3N2O5S/c1-35-24-13-18-11-12-33(27(39)32-20-6-4-5-19(14-20)28(29,30)31)23(22(18)15-25(24)36-2)16-38-21-9-7-17(8-10-21)26(34)37-3/h4-10,13-15,23H,11-12,16H2,1-3H3,(H,32,39)/t23-/m0/s1. The first-order valence-electron chi connectivity index (χ1n) is 12.0. The molecule has 3 aromatic rings. The number of halogens is 3. The van der Waals surface area contributed by atoms with Crippen molar-refractivity contribution in [3.63, 3.8) is 0 Å². The van der Waals surface area contributed by atoms with E-state index >= 15 is 0 Å². The number of fused-ring (bicyclic) bond motifs is 1. The van der Waals surface area contributed by atoms with Crippen LogP contribution in [0.2, 0.25) is 0 Å². The van der Waals surface area contributed by atoms with Gasteiger partial charge in [0, 0.05) is 12.2 Å². The first-order chi connectivity index (χ1) is 18.6. The zero-order valence-corrected chi connectivity index (χ0v) is 22.3. The second-order valence-electron chi connectivity index (χ2n) is 8.70. The van der Waals surface area contributed by atoms with Crippen molar-refractivity contribution in [1.82, 2.24) is 4.90 Å². The molecule has 0 radical (unpaired) electrons. The van der Waals surface area contributed by atoms with Crippen LogP contribution >= 0.6 is 12.2 Å². The highest BCUT2D eigenvalue weighted by molar-refractivity contribution is 7.80. The predicted molar refractivity (Wildman–Crippen MR) is 144 cm³/mol. The van der Waals surface area contributed by atoms with E-state index in [1.165, 1.54) is 19.2 Å². The maximum absolute atomic E-state index is 13.2. The Bertz CT molecular complexity index is 1350. The molecule has 1 N–H and O–H groups in total. The zero-order valence-electron chi connectivity index (χ0n) is 21.5.